The van der Waals surface area contributed by atoms with E-state index in [4.69, 9.17) is 28.3 Å². The first-order chi connectivity index (χ1) is 9.32. The second kappa shape index (κ2) is 5.71. The van der Waals surface area contributed by atoms with Crippen LogP contribution in [-0.4, -0.2) is 25.8 Å². The Morgan fingerprint density at radius 3 is 2.55 bits per heavy atom. The summed E-state index contributed by atoms with van der Waals surface area (Å²) in [5.41, 5.74) is 0.489. The maximum atomic E-state index is 11.0. The second-order valence-corrected chi connectivity index (χ2v) is 5.97. The number of nitrogens with zero attached hydrogens (tertiary/aromatic N) is 3. The quantitative estimate of drug-likeness (QED) is 0.814. The van der Waals surface area contributed by atoms with Gasteiger partial charge in [-0.05, 0) is 28.1 Å². The summed E-state index contributed by atoms with van der Waals surface area (Å²) in [7, 11) is 0. The minimum atomic E-state index is -1.19. The van der Waals surface area contributed by atoms with Crippen LogP contribution >= 0.6 is 39.1 Å². The van der Waals surface area contributed by atoms with E-state index < -0.39 is 5.97 Å². The van der Waals surface area contributed by atoms with Gasteiger partial charge in [-0.3, -0.25) is 0 Å². The number of carboxylic acid groups (broad SMARTS) is 1. The first-order valence-electron chi connectivity index (χ1n) is 5.67. The molecule has 2 rings (SSSR count). The normalized spacial score (nSPS) is 11.1. The van der Waals surface area contributed by atoms with E-state index in [1.54, 1.807) is 12.1 Å². The highest BCUT2D eigenvalue weighted by Gasteiger charge is 2.21. The topological polar surface area (TPSA) is 68.0 Å². The summed E-state index contributed by atoms with van der Waals surface area (Å²) in [5.74, 6) is -0.981. The first kappa shape index (κ1) is 15.3. The molecule has 20 heavy (non-hydrogen) atoms. The van der Waals surface area contributed by atoms with Crippen LogP contribution in [0.3, 0.4) is 0 Å². The summed E-state index contributed by atoms with van der Waals surface area (Å²) in [6.07, 6.45) is 0. The standard InChI is InChI=1S/C12H10BrCl2N3O2/c1-5(2)11-16-10(12(19)20)17-18(11)7-4-3-6(13)8(14)9(7)15/h3-5H,1-2H3,(H,19,20). The van der Waals surface area contributed by atoms with Gasteiger partial charge in [-0.25, -0.2) is 14.5 Å². The van der Waals surface area contributed by atoms with E-state index in [2.05, 4.69) is 26.0 Å². The predicted octanol–water partition coefficient (Wildman–Crippen LogP) is 4.16. The van der Waals surface area contributed by atoms with Crippen LogP contribution in [0.5, 0.6) is 0 Å². The molecule has 0 fully saturated rings. The molecule has 0 atom stereocenters. The highest BCUT2D eigenvalue weighted by Crippen LogP contribution is 2.35. The van der Waals surface area contributed by atoms with Gasteiger partial charge in [0.05, 0.1) is 15.7 Å². The summed E-state index contributed by atoms with van der Waals surface area (Å²) in [4.78, 5) is 15.0. The lowest BCUT2D eigenvalue weighted by atomic mass is 10.2. The van der Waals surface area contributed by atoms with Crippen LogP contribution < -0.4 is 0 Å². The van der Waals surface area contributed by atoms with Crippen molar-refractivity contribution in [3.05, 3.63) is 38.3 Å². The lowest BCUT2D eigenvalue weighted by molar-refractivity contribution is 0.0683. The van der Waals surface area contributed by atoms with Crippen molar-refractivity contribution in [2.75, 3.05) is 0 Å². The van der Waals surface area contributed by atoms with Gasteiger partial charge < -0.3 is 5.11 Å². The maximum Gasteiger partial charge on any atom is 0.375 e. The molecule has 5 nitrogen and oxygen atoms in total. The molecular formula is C12H10BrCl2N3O2. The van der Waals surface area contributed by atoms with Crippen molar-refractivity contribution in [2.45, 2.75) is 19.8 Å². The number of carboxylic acids is 1. The van der Waals surface area contributed by atoms with Gasteiger partial charge in [0.25, 0.3) is 5.82 Å². The highest BCUT2D eigenvalue weighted by atomic mass is 79.9. The molecule has 0 bridgehead atoms. The van der Waals surface area contributed by atoms with Crippen LogP contribution in [0.25, 0.3) is 5.69 Å². The molecule has 0 unspecified atom stereocenters. The van der Waals surface area contributed by atoms with Crippen LogP contribution in [0.2, 0.25) is 10.0 Å². The largest absolute Gasteiger partial charge is 0.475 e. The second-order valence-electron chi connectivity index (χ2n) is 4.36. The molecule has 1 aromatic heterocycles. The number of halogens is 3. The van der Waals surface area contributed by atoms with Gasteiger partial charge >= 0.3 is 5.97 Å². The average molecular weight is 379 g/mol. The molecule has 0 aliphatic rings. The molecule has 0 spiro atoms. The molecule has 0 saturated heterocycles. The fourth-order valence-corrected chi connectivity index (χ4v) is 2.49. The predicted molar refractivity (Wildman–Crippen MR) is 80.1 cm³/mol. The maximum absolute atomic E-state index is 11.0. The number of hydrogen-bond acceptors (Lipinski definition) is 3. The van der Waals surface area contributed by atoms with Crippen LogP contribution in [0.1, 0.15) is 36.2 Å². The van der Waals surface area contributed by atoms with E-state index in [-0.39, 0.29) is 16.8 Å². The van der Waals surface area contributed by atoms with E-state index in [9.17, 15) is 4.79 Å². The Morgan fingerprint density at radius 2 is 2.00 bits per heavy atom. The van der Waals surface area contributed by atoms with E-state index in [0.717, 1.165) is 0 Å². The monoisotopic (exact) mass is 377 g/mol. The highest BCUT2D eigenvalue weighted by molar-refractivity contribution is 9.10. The minimum Gasteiger partial charge on any atom is -0.475 e. The fraction of sp³-hybridized carbons (Fsp3) is 0.250. The van der Waals surface area contributed by atoms with Gasteiger partial charge in [-0.2, -0.15) is 0 Å². The van der Waals surface area contributed by atoms with Gasteiger partial charge in [-0.1, -0.05) is 37.0 Å². The molecule has 0 aliphatic heterocycles. The van der Waals surface area contributed by atoms with Gasteiger partial charge in [0.2, 0.25) is 0 Å². The van der Waals surface area contributed by atoms with Crippen LogP contribution in [0.4, 0.5) is 0 Å². The van der Waals surface area contributed by atoms with E-state index in [0.29, 0.717) is 21.0 Å². The molecule has 0 radical (unpaired) electrons. The average Bonchev–Trinajstić information content (AvgIpc) is 2.81. The third-order valence-corrected chi connectivity index (χ3v) is 4.34. The van der Waals surface area contributed by atoms with Gasteiger partial charge in [-0.15, -0.1) is 5.10 Å². The van der Waals surface area contributed by atoms with Crippen LogP contribution in [0, 0.1) is 0 Å². The molecule has 1 heterocycles. The number of aromatic carboxylic acids is 1. The van der Waals surface area contributed by atoms with Crippen molar-refractivity contribution >= 4 is 45.1 Å². The molecular weight excluding hydrogens is 369 g/mol. The number of hydrogen-bond donors (Lipinski definition) is 1. The Morgan fingerprint density at radius 1 is 1.35 bits per heavy atom. The molecule has 1 aromatic carbocycles. The lowest BCUT2D eigenvalue weighted by Gasteiger charge is -2.11. The van der Waals surface area contributed by atoms with Crippen molar-refractivity contribution in [1.29, 1.82) is 0 Å². The van der Waals surface area contributed by atoms with Gasteiger partial charge in [0.1, 0.15) is 5.82 Å². The molecule has 2 aromatic rings. The number of aromatic nitrogens is 3. The van der Waals surface area contributed by atoms with Gasteiger partial charge in [0.15, 0.2) is 0 Å². The molecule has 8 heteroatoms. The lowest BCUT2D eigenvalue weighted by Crippen LogP contribution is -2.06. The van der Waals surface area contributed by atoms with Crippen molar-refractivity contribution < 1.29 is 9.90 Å². The third kappa shape index (κ3) is 2.68. The summed E-state index contributed by atoms with van der Waals surface area (Å²) in [6, 6.07) is 3.42. The number of carbonyl (C=O) groups is 1. The Labute approximate surface area is 133 Å². The Kier molecular flexibility index (Phi) is 4.36. The Hall–Kier alpha value is -1.11. The van der Waals surface area contributed by atoms with Crippen molar-refractivity contribution in [1.82, 2.24) is 14.8 Å². The summed E-state index contributed by atoms with van der Waals surface area (Å²) >= 11 is 15.6. The van der Waals surface area contributed by atoms with Crippen LogP contribution in [-0.2, 0) is 0 Å². The molecule has 0 saturated carbocycles. The first-order valence-corrected chi connectivity index (χ1v) is 7.22. The summed E-state index contributed by atoms with van der Waals surface area (Å²) in [6.45, 7) is 3.78. The van der Waals surface area contributed by atoms with E-state index >= 15 is 0 Å². The third-order valence-electron chi connectivity index (χ3n) is 2.58. The zero-order valence-electron chi connectivity index (χ0n) is 10.6. The van der Waals surface area contributed by atoms with E-state index in [1.165, 1.54) is 4.68 Å². The fourth-order valence-electron chi connectivity index (χ4n) is 1.65. The number of rotatable bonds is 3. The minimum absolute atomic E-state index is 0.0194. The van der Waals surface area contributed by atoms with Gasteiger partial charge in [0, 0.05) is 10.4 Å². The van der Waals surface area contributed by atoms with E-state index in [1.807, 2.05) is 13.8 Å². The van der Waals surface area contributed by atoms with Crippen molar-refractivity contribution in [3.8, 4) is 5.69 Å². The van der Waals surface area contributed by atoms with Crippen molar-refractivity contribution in [3.63, 3.8) is 0 Å². The Bertz CT molecular complexity index is 686. The SMILES string of the molecule is CC(C)c1nc(C(=O)O)nn1-c1ccc(Br)c(Cl)c1Cl. The zero-order chi connectivity index (χ0) is 15.0. The smallest absolute Gasteiger partial charge is 0.375 e. The molecule has 1 N–H and O–H groups in total. The number of benzene rings is 1. The van der Waals surface area contributed by atoms with Crippen LogP contribution in [0.15, 0.2) is 16.6 Å². The summed E-state index contributed by atoms with van der Waals surface area (Å²) < 4.78 is 2.06. The van der Waals surface area contributed by atoms with Crippen molar-refractivity contribution in [2.24, 2.45) is 0 Å². The molecule has 0 aliphatic carbocycles. The molecule has 0 amide bonds. The Balaban J connectivity index is 2.69. The summed E-state index contributed by atoms with van der Waals surface area (Å²) in [5, 5.41) is 13.6. The molecule has 106 valence electrons. The zero-order valence-corrected chi connectivity index (χ0v) is 13.7.